The molecule has 0 radical (unpaired) electrons. The molecule has 0 amide bonds. The molecule has 2 unspecified atom stereocenters. The highest BCUT2D eigenvalue weighted by atomic mass is 35.5. The molecule has 0 aromatic heterocycles. The molecular weight excluding hydrogens is 304 g/mol. The highest BCUT2D eigenvalue weighted by molar-refractivity contribution is 6.24. The fourth-order valence-electron chi connectivity index (χ4n) is 4.13. The second-order valence-electron chi connectivity index (χ2n) is 6.71. The number of rotatable bonds is 4. The van der Waals surface area contributed by atoms with Crippen molar-refractivity contribution >= 4 is 11.6 Å². The molecule has 3 saturated heterocycles. The van der Waals surface area contributed by atoms with Crippen molar-refractivity contribution in [1.82, 2.24) is 9.80 Å². The average molecular weight is 327 g/mol. The standard InChI is InChI=1S/C20H23ClN2/c21-20(16-18-9-5-2-6-10-18)19(15-17-7-3-1-4-8-17)22-11-13-23(20)14-12-22/h1-10,19H,11-16H2. The van der Waals surface area contributed by atoms with Gasteiger partial charge in [0.05, 0.1) is 0 Å². The number of piperazine rings is 3. The molecule has 2 aromatic rings. The first-order chi connectivity index (χ1) is 11.3. The maximum atomic E-state index is 7.31. The van der Waals surface area contributed by atoms with Gasteiger partial charge in [0.25, 0.3) is 0 Å². The summed E-state index contributed by atoms with van der Waals surface area (Å²) in [5, 5.41) is 0. The molecule has 120 valence electrons. The van der Waals surface area contributed by atoms with E-state index in [1.807, 2.05) is 0 Å². The van der Waals surface area contributed by atoms with Crippen molar-refractivity contribution < 1.29 is 0 Å². The van der Waals surface area contributed by atoms with Gasteiger partial charge in [0.1, 0.15) is 5.00 Å². The Labute approximate surface area is 143 Å². The van der Waals surface area contributed by atoms with Crippen molar-refractivity contribution in [3.63, 3.8) is 0 Å². The van der Waals surface area contributed by atoms with Crippen molar-refractivity contribution in [1.29, 1.82) is 0 Å². The van der Waals surface area contributed by atoms with Gasteiger partial charge in [-0.3, -0.25) is 9.80 Å². The maximum Gasteiger partial charge on any atom is 0.116 e. The Balaban J connectivity index is 1.63. The average Bonchev–Trinajstić information content (AvgIpc) is 2.60. The third-order valence-corrected chi connectivity index (χ3v) is 5.98. The Hall–Kier alpha value is -1.35. The second-order valence-corrected chi connectivity index (χ2v) is 7.36. The number of alkyl halides is 1. The van der Waals surface area contributed by atoms with Gasteiger partial charge in [-0.25, -0.2) is 0 Å². The number of hydrogen-bond acceptors (Lipinski definition) is 2. The van der Waals surface area contributed by atoms with E-state index in [-0.39, 0.29) is 5.00 Å². The third kappa shape index (κ3) is 2.91. The topological polar surface area (TPSA) is 6.48 Å². The molecule has 0 N–H and O–H groups in total. The second kappa shape index (κ2) is 6.27. The molecule has 2 bridgehead atoms. The van der Waals surface area contributed by atoms with Crippen LogP contribution in [0.3, 0.4) is 0 Å². The lowest BCUT2D eigenvalue weighted by Crippen LogP contribution is -2.72. The first-order valence-corrected chi connectivity index (χ1v) is 8.89. The van der Waals surface area contributed by atoms with E-state index in [9.17, 15) is 0 Å². The van der Waals surface area contributed by atoms with Gasteiger partial charge in [-0.1, -0.05) is 72.3 Å². The molecule has 23 heavy (non-hydrogen) atoms. The lowest BCUT2D eigenvalue weighted by atomic mass is 9.87. The predicted molar refractivity (Wildman–Crippen MR) is 95.8 cm³/mol. The minimum atomic E-state index is -0.298. The van der Waals surface area contributed by atoms with Gasteiger partial charge in [0, 0.05) is 38.6 Å². The van der Waals surface area contributed by atoms with E-state index in [1.165, 1.54) is 11.1 Å². The normalized spacial score (nSPS) is 32.8. The van der Waals surface area contributed by atoms with Crippen LogP contribution in [0, 0.1) is 0 Å². The molecule has 3 aliphatic rings. The van der Waals surface area contributed by atoms with E-state index in [2.05, 4.69) is 70.5 Å². The molecule has 0 aliphatic carbocycles. The van der Waals surface area contributed by atoms with Gasteiger partial charge in [-0.2, -0.15) is 0 Å². The summed E-state index contributed by atoms with van der Waals surface area (Å²) >= 11 is 7.31. The van der Waals surface area contributed by atoms with Crippen molar-refractivity contribution in [3.8, 4) is 0 Å². The molecule has 0 saturated carbocycles. The van der Waals surface area contributed by atoms with E-state index in [0.717, 1.165) is 39.0 Å². The molecule has 2 atom stereocenters. The molecular formula is C20H23ClN2. The van der Waals surface area contributed by atoms with Crippen LogP contribution in [-0.2, 0) is 12.8 Å². The first-order valence-electron chi connectivity index (χ1n) is 8.51. The van der Waals surface area contributed by atoms with Crippen LogP contribution in [0.4, 0.5) is 0 Å². The summed E-state index contributed by atoms with van der Waals surface area (Å²) in [7, 11) is 0. The highest BCUT2D eigenvalue weighted by Crippen LogP contribution is 2.40. The smallest absolute Gasteiger partial charge is 0.116 e. The first kappa shape index (κ1) is 15.2. The lowest BCUT2D eigenvalue weighted by Gasteiger charge is -2.58. The highest BCUT2D eigenvalue weighted by Gasteiger charge is 2.51. The van der Waals surface area contributed by atoms with Crippen molar-refractivity contribution in [2.24, 2.45) is 0 Å². The molecule has 0 spiro atoms. The SMILES string of the molecule is ClC1(Cc2ccccc2)C(Cc2ccccc2)N2CCN1CC2. The summed E-state index contributed by atoms with van der Waals surface area (Å²) < 4.78 is 0. The van der Waals surface area contributed by atoms with E-state index < -0.39 is 0 Å². The van der Waals surface area contributed by atoms with Crippen molar-refractivity contribution in [2.75, 3.05) is 26.2 Å². The van der Waals surface area contributed by atoms with E-state index in [4.69, 9.17) is 11.6 Å². The summed E-state index contributed by atoms with van der Waals surface area (Å²) in [6, 6.07) is 21.8. The van der Waals surface area contributed by atoms with Gasteiger partial charge >= 0.3 is 0 Å². The van der Waals surface area contributed by atoms with Gasteiger partial charge in [-0.05, 0) is 17.5 Å². The number of benzene rings is 2. The van der Waals surface area contributed by atoms with Crippen LogP contribution in [0.1, 0.15) is 11.1 Å². The minimum absolute atomic E-state index is 0.298. The molecule has 2 nitrogen and oxygen atoms in total. The predicted octanol–water partition coefficient (Wildman–Crippen LogP) is 3.41. The van der Waals surface area contributed by atoms with Gasteiger partial charge in [0.15, 0.2) is 0 Å². The van der Waals surface area contributed by atoms with Gasteiger partial charge in [-0.15, -0.1) is 0 Å². The summed E-state index contributed by atoms with van der Waals surface area (Å²) in [6.07, 6.45) is 1.93. The molecule has 5 rings (SSSR count). The zero-order valence-electron chi connectivity index (χ0n) is 13.4. The molecule has 3 heterocycles. The number of hydrogen-bond donors (Lipinski definition) is 0. The minimum Gasteiger partial charge on any atom is -0.294 e. The Kier molecular flexibility index (Phi) is 4.14. The number of halogens is 1. The number of fused-ring (bicyclic) bond motifs is 3. The maximum absolute atomic E-state index is 7.31. The lowest BCUT2D eigenvalue weighted by molar-refractivity contribution is -0.0589. The monoisotopic (exact) mass is 326 g/mol. The largest absolute Gasteiger partial charge is 0.294 e. The van der Waals surface area contributed by atoms with Gasteiger partial charge < -0.3 is 0 Å². The van der Waals surface area contributed by atoms with Crippen LogP contribution in [0.2, 0.25) is 0 Å². The zero-order valence-corrected chi connectivity index (χ0v) is 14.1. The van der Waals surface area contributed by atoms with Crippen LogP contribution in [-0.4, -0.2) is 47.0 Å². The summed E-state index contributed by atoms with van der Waals surface area (Å²) in [6.45, 7) is 4.45. The van der Waals surface area contributed by atoms with Crippen LogP contribution >= 0.6 is 11.6 Å². The Morgan fingerprint density at radius 2 is 1.39 bits per heavy atom. The molecule has 3 aliphatic heterocycles. The van der Waals surface area contributed by atoms with E-state index in [0.29, 0.717) is 6.04 Å². The number of nitrogens with zero attached hydrogens (tertiary/aromatic N) is 2. The molecule has 2 aromatic carbocycles. The van der Waals surface area contributed by atoms with E-state index in [1.54, 1.807) is 0 Å². The fourth-order valence-corrected chi connectivity index (χ4v) is 4.67. The molecule has 3 heteroatoms. The summed E-state index contributed by atoms with van der Waals surface area (Å²) in [5.74, 6) is 0. The quantitative estimate of drug-likeness (QED) is 0.627. The van der Waals surface area contributed by atoms with Gasteiger partial charge in [0.2, 0.25) is 0 Å². The van der Waals surface area contributed by atoms with Crippen LogP contribution < -0.4 is 0 Å². The third-order valence-electron chi connectivity index (χ3n) is 5.36. The van der Waals surface area contributed by atoms with Crippen LogP contribution in [0.25, 0.3) is 0 Å². The Bertz CT molecular complexity index is 637. The summed E-state index contributed by atoms with van der Waals surface area (Å²) in [4.78, 5) is 4.81. The van der Waals surface area contributed by atoms with E-state index >= 15 is 0 Å². The van der Waals surface area contributed by atoms with Crippen molar-refractivity contribution in [2.45, 2.75) is 23.9 Å². The summed E-state index contributed by atoms with van der Waals surface area (Å²) in [5.41, 5.74) is 2.71. The molecule has 3 fully saturated rings. The Morgan fingerprint density at radius 1 is 0.826 bits per heavy atom. The Morgan fingerprint density at radius 3 is 2.00 bits per heavy atom. The zero-order chi connectivity index (χ0) is 15.7. The van der Waals surface area contributed by atoms with Crippen LogP contribution in [0.5, 0.6) is 0 Å². The van der Waals surface area contributed by atoms with Crippen molar-refractivity contribution in [3.05, 3.63) is 71.8 Å². The fraction of sp³-hybridized carbons (Fsp3) is 0.400. The van der Waals surface area contributed by atoms with Crippen LogP contribution in [0.15, 0.2) is 60.7 Å².